The van der Waals surface area contributed by atoms with Crippen LogP contribution >= 0.6 is 11.6 Å². The number of hydrogen-bond donors (Lipinski definition) is 0. The summed E-state index contributed by atoms with van der Waals surface area (Å²) >= 11 is 5.23. The molecule has 1 rings (SSSR count). The van der Waals surface area contributed by atoms with Gasteiger partial charge in [-0.15, -0.1) is 0 Å². The van der Waals surface area contributed by atoms with Gasteiger partial charge in [-0.1, -0.05) is 11.6 Å². The van der Waals surface area contributed by atoms with E-state index in [0.29, 0.717) is 5.75 Å². The van der Waals surface area contributed by atoms with Crippen molar-refractivity contribution in [2.45, 2.75) is 0 Å². The van der Waals surface area contributed by atoms with Crippen LogP contribution in [0.25, 0.3) is 0 Å². The van der Waals surface area contributed by atoms with Gasteiger partial charge in [-0.3, -0.25) is 0 Å². The lowest BCUT2D eigenvalue weighted by Crippen LogP contribution is -1.84. The maximum absolute atomic E-state index is 5.23. The Morgan fingerprint density at radius 3 is 3.12 bits per heavy atom. The number of furan rings is 1. The molecule has 0 aliphatic carbocycles. The largest absolute Gasteiger partial charge is 0.475 e. The first kappa shape index (κ1) is 5.51. The van der Waals surface area contributed by atoms with E-state index < -0.39 is 0 Å². The summed E-state index contributed by atoms with van der Waals surface area (Å²) < 4.78 is 9.50. The van der Waals surface area contributed by atoms with E-state index >= 15 is 0 Å². The van der Waals surface area contributed by atoms with E-state index in [9.17, 15) is 0 Å². The third-order valence-electron chi connectivity index (χ3n) is 0.716. The van der Waals surface area contributed by atoms with Crippen LogP contribution in [-0.2, 0) is 0 Å². The van der Waals surface area contributed by atoms with E-state index in [1.807, 2.05) is 0 Å². The Morgan fingerprint density at radius 1 is 1.75 bits per heavy atom. The van der Waals surface area contributed by atoms with Crippen molar-refractivity contribution >= 4 is 11.6 Å². The molecule has 0 saturated heterocycles. The first-order valence-electron chi connectivity index (χ1n) is 2.14. The molecule has 0 atom stereocenters. The van der Waals surface area contributed by atoms with Crippen LogP contribution in [-0.4, -0.2) is 6.07 Å². The zero-order valence-electron chi connectivity index (χ0n) is 4.13. The topological polar surface area (TPSA) is 22.4 Å². The van der Waals surface area contributed by atoms with E-state index in [2.05, 4.69) is 4.42 Å². The molecule has 2 nitrogen and oxygen atoms in total. The number of hydrogen-bond acceptors (Lipinski definition) is 2. The molecule has 8 heavy (non-hydrogen) atoms. The second-order valence-electron chi connectivity index (χ2n) is 1.21. The van der Waals surface area contributed by atoms with Gasteiger partial charge in [0, 0.05) is 6.07 Å². The number of ether oxygens (including phenoxy) is 1. The van der Waals surface area contributed by atoms with Crippen molar-refractivity contribution in [3.8, 4) is 5.75 Å². The minimum Gasteiger partial charge on any atom is -0.475 e. The lowest BCUT2D eigenvalue weighted by Gasteiger charge is -1.91. The van der Waals surface area contributed by atoms with Crippen LogP contribution in [0.15, 0.2) is 23.0 Å². The van der Waals surface area contributed by atoms with Crippen molar-refractivity contribution in [2.24, 2.45) is 0 Å². The summed E-state index contributed by atoms with van der Waals surface area (Å²) in [6, 6.07) is 1.86. The molecule has 0 bridgehead atoms. The van der Waals surface area contributed by atoms with Crippen molar-refractivity contribution in [1.82, 2.24) is 0 Å². The summed E-state index contributed by atoms with van der Waals surface area (Å²) in [7, 11) is 0. The van der Waals surface area contributed by atoms with E-state index in [4.69, 9.17) is 16.3 Å². The highest BCUT2D eigenvalue weighted by atomic mass is 35.5. The SMILES string of the molecule is ClCOc1ccoc1. The van der Waals surface area contributed by atoms with E-state index in [1.165, 1.54) is 12.5 Å². The Balaban J connectivity index is 2.50. The molecular formula is C5H5ClO2. The molecule has 1 heterocycles. The standard InChI is InChI=1S/C5H5ClO2/c6-4-8-5-1-2-7-3-5/h1-3H,4H2. The lowest BCUT2D eigenvalue weighted by molar-refractivity contribution is 0.381. The van der Waals surface area contributed by atoms with Crippen LogP contribution in [0.2, 0.25) is 0 Å². The van der Waals surface area contributed by atoms with E-state index in [-0.39, 0.29) is 6.07 Å². The van der Waals surface area contributed by atoms with Gasteiger partial charge in [-0.2, -0.15) is 0 Å². The number of alkyl halides is 1. The van der Waals surface area contributed by atoms with Gasteiger partial charge in [0.05, 0.1) is 6.26 Å². The summed E-state index contributed by atoms with van der Waals surface area (Å²) in [4.78, 5) is 0. The fraction of sp³-hybridized carbons (Fsp3) is 0.200. The van der Waals surface area contributed by atoms with Crippen LogP contribution in [0.5, 0.6) is 5.75 Å². The van der Waals surface area contributed by atoms with Gasteiger partial charge < -0.3 is 9.15 Å². The predicted octanol–water partition coefficient (Wildman–Crippen LogP) is 1.85. The molecule has 0 spiro atoms. The summed E-state index contributed by atoms with van der Waals surface area (Å²) in [6.45, 7) is 0. The van der Waals surface area contributed by atoms with Gasteiger partial charge in [0.2, 0.25) is 0 Å². The zero-order valence-corrected chi connectivity index (χ0v) is 4.89. The second-order valence-corrected chi connectivity index (χ2v) is 1.43. The fourth-order valence-electron chi connectivity index (χ4n) is 0.397. The summed E-state index contributed by atoms with van der Waals surface area (Å²) in [5.74, 6) is 0.667. The van der Waals surface area contributed by atoms with Crippen LogP contribution in [0.3, 0.4) is 0 Å². The molecule has 1 aromatic rings. The average Bonchev–Trinajstić information content (AvgIpc) is 2.19. The highest BCUT2D eigenvalue weighted by Gasteiger charge is 1.88. The molecule has 0 fully saturated rings. The fourth-order valence-corrected chi connectivity index (χ4v) is 0.523. The smallest absolute Gasteiger partial charge is 0.162 e. The van der Waals surface area contributed by atoms with Crippen molar-refractivity contribution < 1.29 is 9.15 Å². The monoisotopic (exact) mass is 132 g/mol. The van der Waals surface area contributed by atoms with Gasteiger partial charge in [0.15, 0.2) is 11.8 Å². The maximum Gasteiger partial charge on any atom is 0.162 e. The molecule has 0 saturated carbocycles. The first-order valence-corrected chi connectivity index (χ1v) is 2.68. The Hall–Kier alpha value is -0.630. The number of halogens is 1. The third kappa shape index (κ3) is 1.17. The molecule has 0 aromatic carbocycles. The summed E-state index contributed by atoms with van der Waals surface area (Å²) in [5.41, 5.74) is 0. The van der Waals surface area contributed by atoms with Crippen LogP contribution < -0.4 is 4.74 Å². The Bertz CT molecular complexity index is 136. The molecule has 0 unspecified atom stereocenters. The minimum atomic E-state index is 0.166. The number of rotatable bonds is 2. The van der Waals surface area contributed by atoms with Crippen LogP contribution in [0.4, 0.5) is 0 Å². The molecule has 1 aromatic heterocycles. The molecule has 3 heteroatoms. The van der Waals surface area contributed by atoms with Crippen molar-refractivity contribution in [3.63, 3.8) is 0 Å². The Kier molecular flexibility index (Phi) is 1.80. The van der Waals surface area contributed by atoms with Crippen LogP contribution in [0, 0.1) is 0 Å². The Morgan fingerprint density at radius 2 is 2.62 bits per heavy atom. The van der Waals surface area contributed by atoms with Gasteiger partial charge >= 0.3 is 0 Å². The summed E-state index contributed by atoms with van der Waals surface area (Å²) in [5, 5.41) is 0. The van der Waals surface area contributed by atoms with E-state index in [1.54, 1.807) is 6.07 Å². The minimum absolute atomic E-state index is 0.166. The highest BCUT2D eigenvalue weighted by molar-refractivity contribution is 6.17. The maximum atomic E-state index is 5.23. The average molecular weight is 133 g/mol. The molecule has 0 aliphatic heterocycles. The highest BCUT2D eigenvalue weighted by Crippen LogP contribution is 2.09. The predicted molar refractivity (Wildman–Crippen MR) is 30.1 cm³/mol. The zero-order chi connectivity index (χ0) is 5.82. The molecule has 0 radical (unpaired) electrons. The second kappa shape index (κ2) is 2.62. The quantitative estimate of drug-likeness (QED) is 0.573. The molecule has 0 N–H and O–H groups in total. The van der Waals surface area contributed by atoms with E-state index in [0.717, 1.165) is 0 Å². The van der Waals surface area contributed by atoms with Crippen molar-refractivity contribution in [1.29, 1.82) is 0 Å². The van der Waals surface area contributed by atoms with Gasteiger partial charge in [-0.25, -0.2) is 0 Å². The normalized spacial score (nSPS) is 9.12. The van der Waals surface area contributed by atoms with Gasteiger partial charge in [0.1, 0.15) is 6.26 Å². The van der Waals surface area contributed by atoms with Crippen molar-refractivity contribution in [2.75, 3.05) is 6.07 Å². The lowest BCUT2D eigenvalue weighted by atomic mass is 10.6. The van der Waals surface area contributed by atoms with Gasteiger partial charge in [-0.05, 0) is 0 Å². The Labute approximate surface area is 52.0 Å². The molecule has 44 valence electrons. The molecule has 0 aliphatic rings. The first-order chi connectivity index (χ1) is 3.93. The molecule has 0 amide bonds. The van der Waals surface area contributed by atoms with Gasteiger partial charge in [0.25, 0.3) is 0 Å². The third-order valence-corrected chi connectivity index (χ3v) is 0.825. The van der Waals surface area contributed by atoms with Crippen LogP contribution in [0.1, 0.15) is 0 Å². The molecular weight excluding hydrogens is 128 g/mol. The van der Waals surface area contributed by atoms with Crippen molar-refractivity contribution in [3.05, 3.63) is 18.6 Å². The summed E-state index contributed by atoms with van der Waals surface area (Å²) in [6.07, 6.45) is 3.02.